The van der Waals surface area contributed by atoms with E-state index in [2.05, 4.69) is 11.8 Å². The van der Waals surface area contributed by atoms with Gasteiger partial charge in [0.2, 0.25) is 0 Å². The highest BCUT2D eigenvalue weighted by atomic mass is 16.5. The van der Waals surface area contributed by atoms with Crippen LogP contribution in [0.25, 0.3) is 0 Å². The predicted molar refractivity (Wildman–Crippen MR) is 69.3 cm³/mol. The van der Waals surface area contributed by atoms with Gasteiger partial charge in [-0.05, 0) is 31.6 Å². The standard InChI is InChI=1S/C14H25NO3/c1-3-18-14(16)10-12-11(2)4-5-13(12)15-6-8-17-9-7-15/h11-13H,3-10H2,1-2H3/t11-,12-,13-/m0/s1. The summed E-state index contributed by atoms with van der Waals surface area (Å²) in [6.45, 7) is 8.31. The van der Waals surface area contributed by atoms with Crippen LogP contribution in [0.15, 0.2) is 0 Å². The number of rotatable bonds is 4. The Balaban J connectivity index is 1.93. The van der Waals surface area contributed by atoms with E-state index < -0.39 is 0 Å². The van der Waals surface area contributed by atoms with Crippen LogP contribution in [-0.4, -0.2) is 49.8 Å². The van der Waals surface area contributed by atoms with Gasteiger partial charge in [0.05, 0.1) is 26.2 Å². The Hall–Kier alpha value is -0.610. The van der Waals surface area contributed by atoms with Gasteiger partial charge in [0.1, 0.15) is 0 Å². The van der Waals surface area contributed by atoms with Crippen molar-refractivity contribution in [3.63, 3.8) is 0 Å². The minimum Gasteiger partial charge on any atom is -0.466 e. The Bertz CT molecular complexity index is 276. The quantitative estimate of drug-likeness (QED) is 0.717. The minimum absolute atomic E-state index is 0.0329. The molecule has 1 aliphatic heterocycles. The van der Waals surface area contributed by atoms with Gasteiger partial charge in [0.25, 0.3) is 0 Å². The average Bonchev–Trinajstić information content (AvgIpc) is 2.73. The summed E-state index contributed by atoms with van der Waals surface area (Å²) in [5, 5.41) is 0. The molecule has 4 heteroatoms. The van der Waals surface area contributed by atoms with Gasteiger partial charge in [-0.2, -0.15) is 0 Å². The van der Waals surface area contributed by atoms with Gasteiger partial charge in [-0.15, -0.1) is 0 Å². The summed E-state index contributed by atoms with van der Waals surface area (Å²) < 4.78 is 10.5. The summed E-state index contributed by atoms with van der Waals surface area (Å²) in [5.74, 6) is 1.05. The Morgan fingerprint density at radius 2 is 2.06 bits per heavy atom. The first-order chi connectivity index (χ1) is 8.72. The van der Waals surface area contributed by atoms with Crippen molar-refractivity contribution in [3.8, 4) is 0 Å². The lowest BCUT2D eigenvalue weighted by Gasteiger charge is -2.36. The first-order valence-electron chi connectivity index (χ1n) is 7.19. The molecule has 2 aliphatic rings. The average molecular weight is 255 g/mol. The first-order valence-corrected chi connectivity index (χ1v) is 7.19. The summed E-state index contributed by atoms with van der Waals surface area (Å²) >= 11 is 0. The number of carbonyl (C=O) groups is 1. The van der Waals surface area contributed by atoms with Crippen LogP contribution in [0.4, 0.5) is 0 Å². The Morgan fingerprint density at radius 1 is 1.33 bits per heavy atom. The molecule has 2 fully saturated rings. The number of ether oxygens (including phenoxy) is 2. The van der Waals surface area contributed by atoms with E-state index in [9.17, 15) is 4.79 Å². The molecule has 0 N–H and O–H groups in total. The third kappa shape index (κ3) is 3.23. The van der Waals surface area contributed by atoms with Gasteiger partial charge in [0.15, 0.2) is 0 Å². The maximum absolute atomic E-state index is 11.7. The molecule has 0 amide bonds. The number of carbonyl (C=O) groups excluding carboxylic acids is 1. The highest BCUT2D eigenvalue weighted by Gasteiger charge is 2.38. The van der Waals surface area contributed by atoms with Crippen LogP contribution in [0, 0.1) is 11.8 Å². The van der Waals surface area contributed by atoms with Crippen molar-refractivity contribution in [1.29, 1.82) is 0 Å². The Labute approximate surface area is 110 Å². The second kappa shape index (κ2) is 6.53. The van der Waals surface area contributed by atoms with Crippen molar-refractivity contribution >= 4 is 5.97 Å². The Morgan fingerprint density at radius 3 is 2.72 bits per heavy atom. The molecule has 1 saturated heterocycles. The zero-order valence-electron chi connectivity index (χ0n) is 11.6. The lowest BCUT2D eigenvalue weighted by atomic mass is 9.91. The normalized spacial score (nSPS) is 33.6. The van der Waals surface area contributed by atoms with E-state index in [1.807, 2.05) is 6.92 Å². The molecule has 0 radical (unpaired) electrons. The van der Waals surface area contributed by atoms with Crippen molar-refractivity contribution < 1.29 is 14.3 Å². The van der Waals surface area contributed by atoms with Crippen molar-refractivity contribution in [2.45, 2.75) is 39.2 Å². The second-order valence-corrected chi connectivity index (χ2v) is 5.44. The van der Waals surface area contributed by atoms with Gasteiger partial charge >= 0.3 is 5.97 Å². The van der Waals surface area contributed by atoms with E-state index in [4.69, 9.17) is 9.47 Å². The van der Waals surface area contributed by atoms with Crippen LogP contribution in [0.5, 0.6) is 0 Å². The largest absolute Gasteiger partial charge is 0.466 e. The van der Waals surface area contributed by atoms with E-state index in [0.29, 0.717) is 30.9 Å². The van der Waals surface area contributed by atoms with Crippen LogP contribution in [0.3, 0.4) is 0 Å². The number of hydrogen-bond donors (Lipinski definition) is 0. The van der Waals surface area contributed by atoms with Crippen molar-refractivity contribution in [2.75, 3.05) is 32.9 Å². The number of esters is 1. The third-order valence-corrected chi connectivity index (χ3v) is 4.37. The Kier molecular flexibility index (Phi) is 5.01. The maximum atomic E-state index is 11.7. The molecule has 0 spiro atoms. The summed E-state index contributed by atoms with van der Waals surface area (Å²) in [4.78, 5) is 14.2. The van der Waals surface area contributed by atoms with Crippen LogP contribution >= 0.6 is 0 Å². The maximum Gasteiger partial charge on any atom is 0.306 e. The molecule has 1 saturated carbocycles. The summed E-state index contributed by atoms with van der Waals surface area (Å²) in [5.41, 5.74) is 0. The zero-order chi connectivity index (χ0) is 13.0. The molecule has 0 bridgehead atoms. The molecule has 1 aliphatic carbocycles. The topological polar surface area (TPSA) is 38.8 Å². The smallest absolute Gasteiger partial charge is 0.306 e. The lowest BCUT2D eigenvalue weighted by molar-refractivity contribution is -0.145. The molecule has 0 aromatic heterocycles. The monoisotopic (exact) mass is 255 g/mol. The van der Waals surface area contributed by atoms with Gasteiger partial charge in [-0.3, -0.25) is 9.69 Å². The lowest BCUT2D eigenvalue weighted by Crippen LogP contribution is -2.46. The van der Waals surface area contributed by atoms with E-state index in [1.165, 1.54) is 12.8 Å². The predicted octanol–water partition coefficient (Wildman–Crippen LogP) is 1.69. The van der Waals surface area contributed by atoms with Gasteiger partial charge in [0, 0.05) is 19.1 Å². The number of morpholine rings is 1. The first kappa shape index (κ1) is 13.8. The molecule has 0 aromatic carbocycles. The van der Waals surface area contributed by atoms with Gasteiger partial charge in [-0.1, -0.05) is 6.92 Å². The summed E-state index contributed by atoms with van der Waals surface area (Å²) in [6.07, 6.45) is 3.02. The molecule has 18 heavy (non-hydrogen) atoms. The van der Waals surface area contributed by atoms with Crippen molar-refractivity contribution in [3.05, 3.63) is 0 Å². The van der Waals surface area contributed by atoms with E-state index >= 15 is 0 Å². The molecule has 4 nitrogen and oxygen atoms in total. The van der Waals surface area contributed by atoms with Crippen LogP contribution in [-0.2, 0) is 14.3 Å². The van der Waals surface area contributed by atoms with E-state index in [-0.39, 0.29) is 5.97 Å². The molecular formula is C14H25NO3. The van der Waals surface area contributed by atoms with Crippen molar-refractivity contribution in [1.82, 2.24) is 4.90 Å². The third-order valence-electron chi connectivity index (χ3n) is 4.37. The fraction of sp³-hybridized carbons (Fsp3) is 0.929. The summed E-state index contributed by atoms with van der Waals surface area (Å²) in [6, 6.07) is 0.549. The highest BCUT2D eigenvalue weighted by molar-refractivity contribution is 5.69. The SMILES string of the molecule is CCOC(=O)C[C@H]1[C@@H](C)CC[C@@H]1N1CCOCC1. The summed E-state index contributed by atoms with van der Waals surface area (Å²) in [7, 11) is 0. The number of hydrogen-bond acceptors (Lipinski definition) is 4. The number of nitrogens with zero attached hydrogens (tertiary/aromatic N) is 1. The second-order valence-electron chi connectivity index (χ2n) is 5.44. The molecule has 3 atom stereocenters. The molecule has 2 rings (SSSR count). The van der Waals surface area contributed by atoms with Crippen LogP contribution < -0.4 is 0 Å². The minimum atomic E-state index is -0.0329. The van der Waals surface area contributed by atoms with Gasteiger partial charge < -0.3 is 9.47 Å². The molecule has 104 valence electrons. The molecule has 1 heterocycles. The fourth-order valence-corrected chi connectivity index (χ4v) is 3.35. The molecular weight excluding hydrogens is 230 g/mol. The molecule has 0 aromatic rings. The van der Waals surface area contributed by atoms with Crippen molar-refractivity contribution in [2.24, 2.45) is 11.8 Å². The van der Waals surface area contributed by atoms with Gasteiger partial charge in [-0.25, -0.2) is 0 Å². The zero-order valence-corrected chi connectivity index (χ0v) is 11.6. The highest BCUT2D eigenvalue weighted by Crippen LogP contribution is 2.37. The molecule has 0 unspecified atom stereocenters. The fourth-order valence-electron chi connectivity index (χ4n) is 3.35. The van der Waals surface area contributed by atoms with E-state index in [0.717, 1.165) is 26.3 Å². The van der Waals surface area contributed by atoms with Crippen LogP contribution in [0.1, 0.15) is 33.1 Å². The van der Waals surface area contributed by atoms with E-state index in [1.54, 1.807) is 0 Å². The van der Waals surface area contributed by atoms with Crippen LogP contribution in [0.2, 0.25) is 0 Å².